The molecule has 0 spiro atoms. The third-order valence-corrected chi connectivity index (χ3v) is 7.69. The Morgan fingerprint density at radius 1 is 1.29 bits per heavy atom. The van der Waals surface area contributed by atoms with Crippen LogP contribution in [0.2, 0.25) is 0 Å². The normalized spacial score (nSPS) is 27.0. The molecule has 2 heterocycles. The number of amides is 1. The number of carbonyl (C=O) groups is 1. The van der Waals surface area contributed by atoms with Crippen molar-refractivity contribution in [3.8, 4) is 6.07 Å². The minimum absolute atomic E-state index is 0.0990. The number of benzene rings is 1. The van der Waals surface area contributed by atoms with Gasteiger partial charge in [-0.3, -0.25) is 4.79 Å². The number of nitrogens with zero attached hydrogens (tertiary/aromatic N) is 3. The molecule has 180 valence electrons. The van der Waals surface area contributed by atoms with E-state index in [0.717, 1.165) is 30.4 Å². The number of hydrogen-bond acceptors (Lipinski definition) is 5. The quantitative estimate of drug-likeness (QED) is 0.606. The third kappa shape index (κ3) is 4.79. The smallest absolute Gasteiger partial charge is 0.291 e. The van der Waals surface area contributed by atoms with Gasteiger partial charge in [-0.1, -0.05) is 26.0 Å². The second-order valence-corrected chi connectivity index (χ2v) is 10.9. The monoisotopic (exact) mass is 461 g/mol. The Morgan fingerprint density at radius 3 is 2.59 bits per heavy atom. The van der Waals surface area contributed by atoms with Gasteiger partial charge in [0.2, 0.25) is 0 Å². The van der Waals surface area contributed by atoms with Crippen LogP contribution in [0, 0.1) is 16.7 Å². The molecule has 1 amide bonds. The van der Waals surface area contributed by atoms with Crippen LogP contribution in [0.3, 0.4) is 0 Å². The first-order valence-corrected chi connectivity index (χ1v) is 12.1. The second-order valence-electron chi connectivity index (χ2n) is 10.9. The number of aromatic amines is 1. The Kier molecular flexibility index (Phi) is 6.41. The van der Waals surface area contributed by atoms with Gasteiger partial charge in [-0.15, -0.1) is 0 Å². The first-order valence-electron chi connectivity index (χ1n) is 12.1. The number of allylic oxidation sites excluding steroid dienone is 2. The number of carbonyl (C=O) groups excluding carboxylic acids is 1. The molecule has 0 bridgehead atoms. The molecule has 0 radical (unpaired) electrons. The maximum absolute atomic E-state index is 12.9. The van der Waals surface area contributed by atoms with E-state index in [0.29, 0.717) is 18.5 Å². The van der Waals surface area contributed by atoms with Gasteiger partial charge in [0.1, 0.15) is 11.8 Å². The number of piperidine rings is 1. The minimum atomic E-state index is -0.917. The molecule has 0 saturated carbocycles. The number of nitriles is 1. The van der Waals surface area contributed by atoms with Crippen LogP contribution in [0.5, 0.6) is 0 Å². The molecule has 7 nitrogen and oxygen atoms in total. The van der Waals surface area contributed by atoms with Crippen molar-refractivity contribution in [2.75, 3.05) is 12.4 Å². The van der Waals surface area contributed by atoms with Gasteiger partial charge >= 0.3 is 0 Å². The highest BCUT2D eigenvalue weighted by atomic mass is 16.3. The maximum atomic E-state index is 12.9. The molecule has 7 heteroatoms. The SMILES string of the molecule is CC1CC(O)(c2ccc(NC(=O)c3ncc(C#N)[nH]3)c(C3=CCC(C)(C)CC3)c2)CC(C)N1C. The Balaban J connectivity index is 1.71. The molecule has 2 aliphatic rings. The van der Waals surface area contributed by atoms with Crippen molar-refractivity contribution in [2.24, 2.45) is 5.41 Å². The summed E-state index contributed by atoms with van der Waals surface area (Å²) in [5.74, 6) is -0.297. The summed E-state index contributed by atoms with van der Waals surface area (Å²) in [6.45, 7) is 8.85. The van der Waals surface area contributed by atoms with Gasteiger partial charge in [0, 0.05) is 23.3 Å². The van der Waals surface area contributed by atoms with E-state index >= 15 is 0 Å². The number of nitrogens with one attached hydrogen (secondary N) is 2. The molecular formula is C27H35N5O2. The summed E-state index contributed by atoms with van der Waals surface area (Å²) in [5, 5.41) is 23.7. The topological polar surface area (TPSA) is 105 Å². The van der Waals surface area contributed by atoms with E-state index in [1.165, 1.54) is 11.8 Å². The predicted molar refractivity (Wildman–Crippen MR) is 133 cm³/mol. The minimum Gasteiger partial charge on any atom is -0.385 e. The first kappa shape index (κ1) is 24.2. The zero-order valence-electron chi connectivity index (χ0n) is 20.8. The molecule has 2 atom stereocenters. The number of hydrogen-bond donors (Lipinski definition) is 3. The molecular weight excluding hydrogens is 426 g/mol. The van der Waals surface area contributed by atoms with Gasteiger partial charge in [0.05, 0.1) is 11.8 Å². The number of H-pyrrole nitrogens is 1. The Hall–Kier alpha value is -2.95. The van der Waals surface area contributed by atoms with E-state index < -0.39 is 11.5 Å². The number of imidazole rings is 1. The van der Waals surface area contributed by atoms with Gasteiger partial charge in [0.25, 0.3) is 5.91 Å². The molecule has 1 aliphatic heterocycles. The van der Waals surface area contributed by atoms with E-state index in [4.69, 9.17) is 5.26 Å². The summed E-state index contributed by atoms with van der Waals surface area (Å²) in [7, 11) is 2.11. The van der Waals surface area contributed by atoms with Crippen molar-refractivity contribution in [3.63, 3.8) is 0 Å². The first-order chi connectivity index (χ1) is 16.0. The lowest BCUT2D eigenvalue weighted by Crippen LogP contribution is -2.50. The fourth-order valence-electron chi connectivity index (χ4n) is 5.22. The lowest BCUT2D eigenvalue weighted by atomic mass is 9.75. The molecule has 3 N–H and O–H groups in total. The fraction of sp³-hybridized carbons (Fsp3) is 0.519. The molecule has 1 aromatic heterocycles. The largest absolute Gasteiger partial charge is 0.385 e. The van der Waals surface area contributed by atoms with E-state index in [1.54, 1.807) is 0 Å². The second kappa shape index (κ2) is 9.01. The Bertz CT molecular complexity index is 1140. The fourth-order valence-corrected chi connectivity index (χ4v) is 5.22. The summed E-state index contributed by atoms with van der Waals surface area (Å²) in [4.78, 5) is 21.9. The van der Waals surface area contributed by atoms with Crippen molar-refractivity contribution in [3.05, 3.63) is 53.1 Å². The van der Waals surface area contributed by atoms with Crippen molar-refractivity contribution in [1.82, 2.24) is 14.9 Å². The molecule has 4 rings (SSSR count). The van der Waals surface area contributed by atoms with Crippen molar-refractivity contribution < 1.29 is 9.90 Å². The summed E-state index contributed by atoms with van der Waals surface area (Å²) in [6, 6.07) is 8.37. The van der Waals surface area contributed by atoms with Gasteiger partial charge in [-0.05, 0) is 81.7 Å². The lowest BCUT2D eigenvalue weighted by molar-refractivity contribution is -0.0629. The highest BCUT2D eigenvalue weighted by Gasteiger charge is 2.40. The highest BCUT2D eigenvalue weighted by molar-refractivity contribution is 6.03. The third-order valence-electron chi connectivity index (χ3n) is 7.69. The average molecular weight is 462 g/mol. The number of aromatic nitrogens is 2. The van der Waals surface area contributed by atoms with Crippen LogP contribution in [0.1, 0.15) is 87.2 Å². The Labute approximate surface area is 201 Å². The van der Waals surface area contributed by atoms with Crippen LogP contribution >= 0.6 is 0 Å². The molecule has 1 aromatic carbocycles. The molecule has 1 aliphatic carbocycles. The molecule has 2 unspecified atom stereocenters. The van der Waals surface area contributed by atoms with Gasteiger partial charge in [0.15, 0.2) is 5.82 Å². The number of anilines is 1. The van der Waals surface area contributed by atoms with Gasteiger partial charge in [-0.25, -0.2) is 4.98 Å². The van der Waals surface area contributed by atoms with E-state index in [2.05, 4.69) is 67.1 Å². The van der Waals surface area contributed by atoms with E-state index in [-0.39, 0.29) is 29.0 Å². The summed E-state index contributed by atoms with van der Waals surface area (Å²) < 4.78 is 0. The van der Waals surface area contributed by atoms with Crippen LogP contribution in [-0.2, 0) is 5.60 Å². The highest BCUT2D eigenvalue weighted by Crippen LogP contribution is 2.43. The maximum Gasteiger partial charge on any atom is 0.291 e. The predicted octanol–water partition coefficient (Wildman–Crippen LogP) is 4.82. The van der Waals surface area contributed by atoms with Crippen molar-refractivity contribution in [1.29, 1.82) is 5.26 Å². The van der Waals surface area contributed by atoms with Crippen LogP contribution in [0.4, 0.5) is 5.69 Å². The number of rotatable bonds is 4. The van der Waals surface area contributed by atoms with Crippen molar-refractivity contribution >= 4 is 17.2 Å². The van der Waals surface area contributed by atoms with Gasteiger partial charge in [-0.2, -0.15) is 5.26 Å². The van der Waals surface area contributed by atoms with E-state index in [9.17, 15) is 9.90 Å². The average Bonchev–Trinajstić information content (AvgIpc) is 3.27. The summed E-state index contributed by atoms with van der Waals surface area (Å²) >= 11 is 0. The van der Waals surface area contributed by atoms with Crippen LogP contribution in [-0.4, -0.2) is 45.0 Å². The zero-order chi connectivity index (χ0) is 24.7. The standard InChI is InChI=1S/C27H35N5O2/c1-17-13-27(34,14-18(2)32(17)5)20-6-7-23(31-25(33)24-29-16-21(15-28)30-24)22(12-20)19-8-10-26(3,4)11-9-19/h6-8,12,16-18,34H,9-11,13-14H2,1-5H3,(H,29,30)(H,31,33). The lowest BCUT2D eigenvalue weighted by Gasteiger charge is -2.45. The molecule has 1 fully saturated rings. The van der Waals surface area contributed by atoms with E-state index in [1.807, 2.05) is 18.2 Å². The molecule has 34 heavy (non-hydrogen) atoms. The Morgan fingerprint density at radius 2 is 2.00 bits per heavy atom. The summed E-state index contributed by atoms with van der Waals surface area (Å²) in [5.41, 5.74) is 3.29. The molecule has 2 aromatic rings. The number of aliphatic hydroxyl groups is 1. The summed E-state index contributed by atoms with van der Waals surface area (Å²) in [6.07, 6.45) is 7.87. The van der Waals surface area contributed by atoms with Crippen LogP contribution in [0.25, 0.3) is 5.57 Å². The zero-order valence-corrected chi connectivity index (χ0v) is 20.8. The van der Waals surface area contributed by atoms with Gasteiger partial charge < -0.3 is 20.3 Å². The van der Waals surface area contributed by atoms with Crippen molar-refractivity contribution in [2.45, 2.75) is 77.5 Å². The molecule has 1 saturated heterocycles. The van der Waals surface area contributed by atoms with Crippen LogP contribution in [0.15, 0.2) is 30.5 Å². The number of likely N-dealkylation sites (tertiary alicyclic amines) is 1. The van der Waals surface area contributed by atoms with Crippen LogP contribution < -0.4 is 5.32 Å².